The van der Waals surface area contributed by atoms with Crippen LogP contribution in [0.1, 0.15) is 22.3 Å². The fourth-order valence-electron chi connectivity index (χ4n) is 2.05. The van der Waals surface area contributed by atoms with Crippen LogP contribution in [0.5, 0.6) is 0 Å². The van der Waals surface area contributed by atoms with E-state index in [9.17, 15) is 4.79 Å². The number of nitrogens with two attached hydrogens (primary N) is 1. The molecule has 0 bridgehead atoms. The third kappa shape index (κ3) is 3.00. The second-order valence-electron chi connectivity index (χ2n) is 4.43. The number of nitrogen functional groups attached to an aromatic ring is 1. The van der Waals surface area contributed by atoms with Crippen LogP contribution in [0.4, 0.5) is 5.69 Å². The van der Waals surface area contributed by atoms with Gasteiger partial charge in [-0.05, 0) is 18.1 Å². The molecule has 5 nitrogen and oxygen atoms in total. The van der Waals surface area contributed by atoms with E-state index in [1.54, 1.807) is 18.2 Å². The Morgan fingerprint density at radius 2 is 2.39 bits per heavy atom. The van der Waals surface area contributed by atoms with Crippen molar-refractivity contribution in [3.8, 4) is 0 Å². The monoisotopic (exact) mass is 251 g/mol. The Kier molecular flexibility index (Phi) is 4.17. The second kappa shape index (κ2) is 5.84. The molecule has 1 saturated heterocycles. The average molecular weight is 251 g/mol. The van der Waals surface area contributed by atoms with Crippen LogP contribution in [0.2, 0.25) is 0 Å². The largest absolute Gasteiger partial charge is 0.478 e. The number of aromatic carboxylic acids is 1. The van der Waals surface area contributed by atoms with Gasteiger partial charge in [0.1, 0.15) is 0 Å². The van der Waals surface area contributed by atoms with E-state index in [1.165, 1.54) is 0 Å². The summed E-state index contributed by atoms with van der Waals surface area (Å²) in [5.74, 6) is -0.602. The van der Waals surface area contributed by atoms with Crippen LogP contribution >= 0.6 is 0 Å². The molecule has 0 amide bonds. The maximum Gasteiger partial charge on any atom is 0.338 e. The van der Waals surface area contributed by atoms with Gasteiger partial charge in [-0.2, -0.15) is 0 Å². The summed E-state index contributed by atoms with van der Waals surface area (Å²) in [5, 5.41) is 9.10. The zero-order valence-corrected chi connectivity index (χ0v) is 10.1. The van der Waals surface area contributed by atoms with Gasteiger partial charge in [0.2, 0.25) is 0 Å². The highest BCUT2D eigenvalue weighted by Gasteiger charge is 2.17. The Bertz CT molecular complexity index is 427. The summed E-state index contributed by atoms with van der Waals surface area (Å²) in [6, 6.07) is 5.04. The molecule has 0 aromatic heterocycles. The lowest BCUT2D eigenvalue weighted by Gasteiger charge is -2.11. The van der Waals surface area contributed by atoms with Gasteiger partial charge in [0, 0.05) is 18.2 Å². The molecule has 0 saturated carbocycles. The van der Waals surface area contributed by atoms with Crippen LogP contribution in [-0.4, -0.2) is 30.9 Å². The van der Waals surface area contributed by atoms with Gasteiger partial charge in [0.15, 0.2) is 0 Å². The topological polar surface area (TPSA) is 81.8 Å². The number of hydrogen-bond acceptors (Lipinski definition) is 4. The number of carboxylic acid groups (broad SMARTS) is 1. The number of anilines is 1. The molecule has 1 fully saturated rings. The summed E-state index contributed by atoms with van der Waals surface area (Å²) >= 11 is 0. The van der Waals surface area contributed by atoms with Gasteiger partial charge < -0.3 is 20.3 Å². The van der Waals surface area contributed by atoms with Gasteiger partial charge in [0.25, 0.3) is 0 Å². The number of hydrogen-bond donors (Lipinski definition) is 2. The highest BCUT2D eigenvalue weighted by molar-refractivity contribution is 5.95. The lowest BCUT2D eigenvalue weighted by molar-refractivity contribution is 0.0667. The van der Waals surface area contributed by atoms with Gasteiger partial charge in [-0.1, -0.05) is 12.1 Å². The summed E-state index contributed by atoms with van der Waals surface area (Å²) < 4.78 is 10.8. The minimum absolute atomic E-state index is 0.139. The van der Waals surface area contributed by atoms with Gasteiger partial charge in [-0.25, -0.2) is 4.79 Å². The van der Waals surface area contributed by atoms with Crippen molar-refractivity contribution >= 4 is 11.7 Å². The molecule has 1 aromatic rings. The Labute approximate surface area is 106 Å². The molecule has 1 heterocycles. The smallest absolute Gasteiger partial charge is 0.338 e. The highest BCUT2D eigenvalue weighted by atomic mass is 16.5. The summed E-state index contributed by atoms with van der Waals surface area (Å²) in [6.45, 7) is 2.37. The van der Waals surface area contributed by atoms with E-state index in [1.807, 2.05) is 0 Å². The average Bonchev–Trinajstić information content (AvgIpc) is 2.81. The normalized spacial score (nSPS) is 19.0. The lowest BCUT2D eigenvalue weighted by Crippen LogP contribution is -2.12. The van der Waals surface area contributed by atoms with E-state index < -0.39 is 5.97 Å². The minimum atomic E-state index is -1.02. The van der Waals surface area contributed by atoms with E-state index in [-0.39, 0.29) is 17.9 Å². The molecule has 5 heteroatoms. The quantitative estimate of drug-likeness (QED) is 0.775. The molecule has 18 heavy (non-hydrogen) atoms. The summed E-state index contributed by atoms with van der Waals surface area (Å²) in [7, 11) is 0. The van der Waals surface area contributed by atoms with Crippen molar-refractivity contribution in [1.29, 1.82) is 0 Å². The Morgan fingerprint density at radius 3 is 3.06 bits per heavy atom. The SMILES string of the molecule is Nc1cccc(COCC2CCOC2)c1C(=O)O. The molecule has 1 aliphatic heterocycles. The van der Waals surface area contributed by atoms with Crippen molar-refractivity contribution in [1.82, 2.24) is 0 Å². The summed E-state index contributed by atoms with van der Waals surface area (Å²) in [5.41, 5.74) is 6.68. The van der Waals surface area contributed by atoms with E-state index >= 15 is 0 Å². The van der Waals surface area contributed by atoms with Crippen molar-refractivity contribution in [3.05, 3.63) is 29.3 Å². The van der Waals surface area contributed by atoms with Crippen LogP contribution in [0.15, 0.2) is 18.2 Å². The first-order valence-electron chi connectivity index (χ1n) is 5.94. The van der Waals surface area contributed by atoms with Gasteiger partial charge in [-0.15, -0.1) is 0 Å². The van der Waals surface area contributed by atoms with Crippen molar-refractivity contribution in [2.45, 2.75) is 13.0 Å². The van der Waals surface area contributed by atoms with Crippen molar-refractivity contribution in [2.75, 3.05) is 25.6 Å². The molecule has 3 N–H and O–H groups in total. The minimum Gasteiger partial charge on any atom is -0.478 e. The molecule has 0 radical (unpaired) electrons. The molecule has 1 unspecified atom stereocenters. The zero-order chi connectivity index (χ0) is 13.0. The zero-order valence-electron chi connectivity index (χ0n) is 10.1. The Morgan fingerprint density at radius 1 is 1.56 bits per heavy atom. The van der Waals surface area contributed by atoms with Gasteiger partial charge >= 0.3 is 5.97 Å². The predicted octanol–water partition coefficient (Wildman–Crippen LogP) is 1.52. The molecule has 0 spiro atoms. The van der Waals surface area contributed by atoms with Crippen molar-refractivity contribution < 1.29 is 19.4 Å². The van der Waals surface area contributed by atoms with Crippen LogP contribution in [0.25, 0.3) is 0 Å². The number of carbonyl (C=O) groups is 1. The van der Waals surface area contributed by atoms with Crippen molar-refractivity contribution in [3.63, 3.8) is 0 Å². The summed E-state index contributed by atoms with van der Waals surface area (Å²) in [4.78, 5) is 11.1. The van der Waals surface area contributed by atoms with Gasteiger partial charge in [-0.3, -0.25) is 0 Å². The first-order valence-corrected chi connectivity index (χ1v) is 5.94. The Balaban J connectivity index is 1.96. The number of benzene rings is 1. The van der Waals surface area contributed by atoms with Crippen LogP contribution in [0, 0.1) is 5.92 Å². The number of rotatable bonds is 5. The van der Waals surface area contributed by atoms with Crippen LogP contribution < -0.4 is 5.73 Å². The molecule has 98 valence electrons. The molecule has 1 atom stereocenters. The number of carboxylic acids is 1. The second-order valence-corrected chi connectivity index (χ2v) is 4.43. The molecular formula is C13H17NO4. The molecule has 1 aliphatic rings. The standard InChI is InChI=1S/C13H17NO4/c14-11-3-1-2-10(12(11)13(15)16)8-18-7-9-4-5-17-6-9/h1-3,9H,4-8,14H2,(H,15,16). The molecule has 1 aromatic carbocycles. The predicted molar refractivity (Wildman–Crippen MR) is 66.4 cm³/mol. The van der Waals surface area contributed by atoms with Crippen molar-refractivity contribution in [2.24, 2.45) is 5.92 Å². The third-order valence-electron chi connectivity index (χ3n) is 3.03. The van der Waals surface area contributed by atoms with E-state index in [2.05, 4.69) is 0 Å². The van der Waals surface area contributed by atoms with Crippen LogP contribution in [-0.2, 0) is 16.1 Å². The van der Waals surface area contributed by atoms with E-state index in [0.29, 0.717) is 18.1 Å². The van der Waals surface area contributed by atoms with Gasteiger partial charge in [0.05, 0.1) is 25.4 Å². The van der Waals surface area contributed by atoms with E-state index in [4.69, 9.17) is 20.3 Å². The molecule has 2 rings (SSSR count). The first kappa shape index (κ1) is 12.9. The maximum absolute atomic E-state index is 11.1. The fraction of sp³-hybridized carbons (Fsp3) is 0.462. The lowest BCUT2D eigenvalue weighted by atomic mass is 10.1. The summed E-state index contributed by atoms with van der Waals surface area (Å²) in [6.07, 6.45) is 1.00. The third-order valence-corrected chi connectivity index (χ3v) is 3.03. The highest BCUT2D eigenvalue weighted by Crippen LogP contribution is 2.19. The number of ether oxygens (including phenoxy) is 2. The molecule has 0 aliphatic carbocycles. The van der Waals surface area contributed by atoms with E-state index in [0.717, 1.165) is 19.6 Å². The molecular weight excluding hydrogens is 234 g/mol. The Hall–Kier alpha value is -1.59. The van der Waals surface area contributed by atoms with Crippen LogP contribution in [0.3, 0.4) is 0 Å². The first-order chi connectivity index (χ1) is 8.68. The fourth-order valence-corrected chi connectivity index (χ4v) is 2.05. The maximum atomic E-state index is 11.1.